The molecule has 0 saturated heterocycles. The lowest BCUT2D eigenvalue weighted by atomic mass is 10.1. The fraction of sp³-hybridized carbons (Fsp3) is 0.462. The predicted octanol–water partition coefficient (Wildman–Crippen LogP) is 2.12. The molecule has 0 bridgehead atoms. The first-order valence-corrected chi connectivity index (χ1v) is 7.61. The fourth-order valence-corrected chi connectivity index (χ4v) is 2.81. The van der Waals surface area contributed by atoms with Gasteiger partial charge < -0.3 is 0 Å². The van der Waals surface area contributed by atoms with Crippen LogP contribution in [0.4, 0.5) is 0 Å². The summed E-state index contributed by atoms with van der Waals surface area (Å²) in [6.45, 7) is 4.50. The molecule has 0 aliphatic heterocycles. The van der Waals surface area contributed by atoms with Crippen molar-refractivity contribution in [3.63, 3.8) is 0 Å². The third-order valence-corrected chi connectivity index (χ3v) is 4.50. The van der Waals surface area contributed by atoms with Crippen molar-refractivity contribution in [1.29, 1.82) is 5.26 Å². The Morgan fingerprint density at radius 2 is 1.83 bits per heavy atom. The maximum atomic E-state index is 11.9. The lowest BCUT2D eigenvalue weighted by molar-refractivity contribution is 0.406. The first-order chi connectivity index (χ1) is 8.53. The third kappa shape index (κ3) is 3.83. The van der Waals surface area contributed by atoms with Crippen LogP contribution in [0.25, 0.3) is 0 Å². The van der Waals surface area contributed by atoms with Crippen molar-refractivity contribution in [2.24, 2.45) is 0 Å². The molecule has 98 valence electrons. The summed E-state index contributed by atoms with van der Waals surface area (Å²) < 4.78 is 25.3. The highest BCUT2D eigenvalue weighted by Crippen LogP contribution is 2.11. The van der Waals surface area contributed by atoms with Crippen LogP contribution in [0.3, 0.4) is 0 Å². The SMILES string of the molecule is CCCN(Cc1ccc(C#N)cc1)S(=O)(=O)CC. The minimum Gasteiger partial charge on any atom is -0.212 e. The van der Waals surface area contributed by atoms with E-state index in [2.05, 4.69) is 0 Å². The minimum atomic E-state index is -3.17. The molecule has 0 aromatic heterocycles. The van der Waals surface area contributed by atoms with Crippen LogP contribution in [0.15, 0.2) is 24.3 Å². The van der Waals surface area contributed by atoms with E-state index in [9.17, 15) is 8.42 Å². The van der Waals surface area contributed by atoms with Crippen LogP contribution in [0.1, 0.15) is 31.4 Å². The normalized spacial score (nSPS) is 11.4. The van der Waals surface area contributed by atoms with Crippen molar-refractivity contribution in [1.82, 2.24) is 4.31 Å². The smallest absolute Gasteiger partial charge is 0.212 e. The van der Waals surface area contributed by atoms with E-state index >= 15 is 0 Å². The van der Waals surface area contributed by atoms with Crippen molar-refractivity contribution in [2.75, 3.05) is 12.3 Å². The number of nitrogens with zero attached hydrogens (tertiary/aromatic N) is 2. The molecule has 5 heteroatoms. The molecular weight excluding hydrogens is 248 g/mol. The molecular formula is C13H18N2O2S. The van der Waals surface area contributed by atoms with Crippen LogP contribution in [-0.4, -0.2) is 25.0 Å². The average molecular weight is 266 g/mol. The molecule has 4 nitrogen and oxygen atoms in total. The van der Waals surface area contributed by atoms with Gasteiger partial charge in [0.15, 0.2) is 0 Å². The average Bonchev–Trinajstić information content (AvgIpc) is 2.39. The Bertz CT molecular complexity index is 515. The summed E-state index contributed by atoms with van der Waals surface area (Å²) in [5, 5.41) is 8.71. The maximum Gasteiger partial charge on any atom is 0.214 e. The standard InChI is InChI=1S/C13H18N2O2S/c1-3-9-15(18(16,17)4-2)11-13-7-5-12(10-14)6-8-13/h5-8H,3-4,9,11H2,1-2H3. The monoisotopic (exact) mass is 266 g/mol. The third-order valence-electron chi connectivity index (χ3n) is 2.67. The Balaban J connectivity index is 2.87. The quantitative estimate of drug-likeness (QED) is 0.792. The van der Waals surface area contributed by atoms with Gasteiger partial charge in [-0.3, -0.25) is 0 Å². The molecule has 0 saturated carbocycles. The van der Waals surface area contributed by atoms with Gasteiger partial charge in [-0.05, 0) is 31.0 Å². The highest BCUT2D eigenvalue weighted by atomic mass is 32.2. The molecule has 0 atom stereocenters. The first-order valence-electron chi connectivity index (χ1n) is 6.00. The Hall–Kier alpha value is -1.38. The van der Waals surface area contributed by atoms with Gasteiger partial charge in [0.25, 0.3) is 0 Å². The van der Waals surface area contributed by atoms with E-state index in [1.54, 1.807) is 31.2 Å². The summed E-state index contributed by atoms with van der Waals surface area (Å²) in [7, 11) is -3.17. The molecule has 0 aliphatic rings. The summed E-state index contributed by atoms with van der Waals surface area (Å²) in [6, 6.07) is 9.05. The minimum absolute atomic E-state index is 0.114. The first kappa shape index (κ1) is 14.7. The second-order valence-corrected chi connectivity index (χ2v) is 6.30. The number of sulfonamides is 1. The molecule has 1 aromatic carbocycles. The lowest BCUT2D eigenvalue weighted by Gasteiger charge is -2.20. The van der Waals surface area contributed by atoms with E-state index in [1.807, 2.05) is 13.0 Å². The zero-order valence-electron chi connectivity index (χ0n) is 10.8. The van der Waals surface area contributed by atoms with Crippen LogP contribution >= 0.6 is 0 Å². The van der Waals surface area contributed by atoms with Crippen LogP contribution in [-0.2, 0) is 16.6 Å². The van der Waals surface area contributed by atoms with E-state index in [1.165, 1.54) is 4.31 Å². The second kappa shape index (κ2) is 6.53. The van der Waals surface area contributed by atoms with Gasteiger partial charge in [0.2, 0.25) is 10.0 Å². The molecule has 1 rings (SSSR count). The molecule has 0 N–H and O–H groups in total. The number of rotatable bonds is 6. The predicted molar refractivity (Wildman–Crippen MR) is 71.3 cm³/mol. The Morgan fingerprint density at radius 1 is 1.22 bits per heavy atom. The molecule has 18 heavy (non-hydrogen) atoms. The maximum absolute atomic E-state index is 11.9. The highest BCUT2D eigenvalue weighted by Gasteiger charge is 2.18. The fourth-order valence-electron chi connectivity index (χ4n) is 1.64. The van der Waals surface area contributed by atoms with Crippen molar-refractivity contribution in [3.05, 3.63) is 35.4 Å². The highest BCUT2D eigenvalue weighted by molar-refractivity contribution is 7.89. The van der Waals surface area contributed by atoms with Gasteiger partial charge in [-0.1, -0.05) is 19.1 Å². The Labute approximate surface area is 109 Å². The molecule has 0 radical (unpaired) electrons. The Kier molecular flexibility index (Phi) is 5.32. The van der Waals surface area contributed by atoms with Gasteiger partial charge in [0.1, 0.15) is 0 Å². The van der Waals surface area contributed by atoms with Crippen LogP contribution in [0.5, 0.6) is 0 Å². The Morgan fingerprint density at radius 3 is 2.28 bits per heavy atom. The van der Waals surface area contributed by atoms with Crippen molar-refractivity contribution >= 4 is 10.0 Å². The zero-order chi connectivity index (χ0) is 13.6. The summed E-state index contributed by atoms with van der Waals surface area (Å²) in [5.74, 6) is 0.114. The lowest BCUT2D eigenvalue weighted by Crippen LogP contribution is -2.32. The molecule has 0 unspecified atom stereocenters. The largest absolute Gasteiger partial charge is 0.214 e. The summed E-state index contributed by atoms with van der Waals surface area (Å²) >= 11 is 0. The van der Waals surface area contributed by atoms with Crippen molar-refractivity contribution < 1.29 is 8.42 Å². The van der Waals surface area contributed by atoms with E-state index in [-0.39, 0.29) is 5.75 Å². The van der Waals surface area contributed by atoms with Gasteiger partial charge in [-0.2, -0.15) is 9.57 Å². The van der Waals surface area contributed by atoms with Gasteiger partial charge in [-0.15, -0.1) is 0 Å². The van der Waals surface area contributed by atoms with Gasteiger partial charge in [0.05, 0.1) is 17.4 Å². The summed E-state index contributed by atoms with van der Waals surface area (Å²) in [6.07, 6.45) is 0.787. The van der Waals surface area contributed by atoms with Gasteiger partial charge in [-0.25, -0.2) is 8.42 Å². The van der Waals surface area contributed by atoms with Gasteiger partial charge >= 0.3 is 0 Å². The topological polar surface area (TPSA) is 61.2 Å². The van der Waals surface area contributed by atoms with Crippen molar-refractivity contribution in [2.45, 2.75) is 26.8 Å². The van der Waals surface area contributed by atoms with Crippen LogP contribution in [0.2, 0.25) is 0 Å². The molecule has 0 heterocycles. The zero-order valence-corrected chi connectivity index (χ0v) is 11.6. The molecule has 1 aromatic rings. The molecule has 0 spiro atoms. The van der Waals surface area contributed by atoms with E-state index < -0.39 is 10.0 Å². The van der Waals surface area contributed by atoms with E-state index in [4.69, 9.17) is 5.26 Å². The van der Waals surface area contributed by atoms with Crippen molar-refractivity contribution in [3.8, 4) is 6.07 Å². The number of nitriles is 1. The van der Waals surface area contributed by atoms with Crippen LogP contribution < -0.4 is 0 Å². The van der Waals surface area contributed by atoms with Gasteiger partial charge in [0, 0.05) is 13.1 Å². The molecule has 0 aliphatic carbocycles. The number of benzene rings is 1. The van der Waals surface area contributed by atoms with Crippen LogP contribution in [0, 0.1) is 11.3 Å². The van der Waals surface area contributed by atoms with E-state index in [0.29, 0.717) is 18.7 Å². The number of hydrogen-bond acceptors (Lipinski definition) is 3. The molecule has 0 fully saturated rings. The molecule has 0 amide bonds. The second-order valence-electron chi connectivity index (χ2n) is 4.04. The summed E-state index contributed by atoms with van der Waals surface area (Å²) in [5.41, 5.74) is 1.48. The number of hydrogen-bond donors (Lipinski definition) is 0. The summed E-state index contributed by atoms with van der Waals surface area (Å²) in [4.78, 5) is 0. The van der Waals surface area contributed by atoms with E-state index in [0.717, 1.165) is 12.0 Å².